The third-order valence-corrected chi connectivity index (χ3v) is 2.63. The van der Waals surface area contributed by atoms with Crippen LogP contribution in [0.15, 0.2) is 30.6 Å². The second kappa shape index (κ2) is 4.40. The zero-order valence-electron chi connectivity index (χ0n) is 9.59. The SMILES string of the molecule is Nc1cc(NCc2cccc3c2OCO3)ncn1. The average Bonchev–Trinajstić information content (AvgIpc) is 2.85. The summed E-state index contributed by atoms with van der Waals surface area (Å²) >= 11 is 0. The van der Waals surface area contributed by atoms with E-state index >= 15 is 0 Å². The van der Waals surface area contributed by atoms with E-state index in [2.05, 4.69) is 15.3 Å². The van der Waals surface area contributed by atoms with E-state index < -0.39 is 0 Å². The smallest absolute Gasteiger partial charge is 0.231 e. The molecule has 0 saturated carbocycles. The fraction of sp³-hybridized carbons (Fsp3) is 0.167. The summed E-state index contributed by atoms with van der Waals surface area (Å²) in [7, 11) is 0. The Morgan fingerprint density at radius 2 is 2.22 bits per heavy atom. The first-order valence-electron chi connectivity index (χ1n) is 5.52. The van der Waals surface area contributed by atoms with Crippen LogP contribution in [0.25, 0.3) is 0 Å². The first-order valence-corrected chi connectivity index (χ1v) is 5.52. The minimum atomic E-state index is 0.271. The molecular formula is C12H12N4O2. The van der Waals surface area contributed by atoms with Gasteiger partial charge < -0.3 is 20.5 Å². The lowest BCUT2D eigenvalue weighted by atomic mass is 10.2. The second-order valence-electron chi connectivity index (χ2n) is 3.83. The van der Waals surface area contributed by atoms with Crippen LogP contribution in [0.2, 0.25) is 0 Å². The van der Waals surface area contributed by atoms with E-state index in [4.69, 9.17) is 15.2 Å². The van der Waals surface area contributed by atoms with E-state index in [1.54, 1.807) is 6.07 Å². The number of hydrogen-bond donors (Lipinski definition) is 2. The van der Waals surface area contributed by atoms with Crippen molar-refractivity contribution >= 4 is 11.6 Å². The largest absolute Gasteiger partial charge is 0.454 e. The molecule has 1 aliphatic heterocycles. The molecule has 1 aliphatic rings. The van der Waals surface area contributed by atoms with Crippen molar-refractivity contribution in [3.8, 4) is 11.5 Å². The molecule has 0 atom stereocenters. The number of nitrogen functional groups attached to an aromatic ring is 1. The first kappa shape index (κ1) is 10.6. The van der Waals surface area contributed by atoms with Crippen LogP contribution in [0.1, 0.15) is 5.56 Å². The van der Waals surface area contributed by atoms with Gasteiger partial charge in [0.05, 0.1) is 0 Å². The van der Waals surface area contributed by atoms with Crippen molar-refractivity contribution in [2.75, 3.05) is 17.8 Å². The number of hydrogen-bond acceptors (Lipinski definition) is 6. The van der Waals surface area contributed by atoms with Crippen LogP contribution in [-0.4, -0.2) is 16.8 Å². The van der Waals surface area contributed by atoms with E-state index in [0.29, 0.717) is 18.2 Å². The molecule has 1 aromatic heterocycles. The fourth-order valence-electron chi connectivity index (χ4n) is 1.78. The molecule has 92 valence electrons. The molecule has 0 spiro atoms. The van der Waals surface area contributed by atoms with Crippen LogP contribution in [0.4, 0.5) is 11.6 Å². The van der Waals surface area contributed by atoms with Crippen LogP contribution in [0.5, 0.6) is 11.5 Å². The monoisotopic (exact) mass is 244 g/mol. The maximum atomic E-state index is 5.58. The molecule has 0 amide bonds. The molecule has 6 nitrogen and oxygen atoms in total. The highest BCUT2D eigenvalue weighted by Gasteiger charge is 2.16. The average molecular weight is 244 g/mol. The number of rotatable bonds is 3. The number of nitrogens with zero attached hydrogens (tertiary/aromatic N) is 2. The Morgan fingerprint density at radius 3 is 3.11 bits per heavy atom. The topological polar surface area (TPSA) is 82.3 Å². The summed E-state index contributed by atoms with van der Waals surface area (Å²) in [6.07, 6.45) is 1.42. The molecular weight excluding hydrogens is 232 g/mol. The lowest BCUT2D eigenvalue weighted by Crippen LogP contribution is -2.04. The van der Waals surface area contributed by atoms with Crippen molar-refractivity contribution in [1.29, 1.82) is 0 Å². The minimum Gasteiger partial charge on any atom is -0.454 e. The number of fused-ring (bicyclic) bond motifs is 1. The van der Waals surface area contributed by atoms with Gasteiger partial charge in [-0.1, -0.05) is 12.1 Å². The lowest BCUT2D eigenvalue weighted by Gasteiger charge is -2.08. The van der Waals surface area contributed by atoms with E-state index in [0.717, 1.165) is 17.1 Å². The van der Waals surface area contributed by atoms with Gasteiger partial charge in [0, 0.05) is 18.2 Å². The number of anilines is 2. The van der Waals surface area contributed by atoms with Gasteiger partial charge in [-0.2, -0.15) is 0 Å². The highest BCUT2D eigenvalue weighted by atomic mass is 16.7. The van der Waals surface area contributed by atoms with Crippen molar-refractivity contribution in [2.45, 2.75) is 6.54 Å². The van der Waals surface area contributed by atoms with E-state index in [1.807, 2.05) is 18.2 Å². The number of nitrogens with one attached hydrogen (secondary N) is 1. The van der Waals surface area contributed by atoms with Crippen molar-refractivity contribution < 1.29 is 9.47 Å². The van der Waals surface area contributed by atoms with Crippen molar-refractivity contribution in [3.05, 3.63) is 36.2 Å². The summed E-state index contributed by atoms with van der Waals surface area (Å²) in [4.78, 5) is 7.91. The maximum Gasteiger partial charge on any atom is 0.231 e. The summed E-state index contributed by atoms with van der Waals surface area (Å²) in [5.74, 6) is 2.67. The standard InChI is InChI=1S/C12H12N4O2/c13-10-4-11(16-6-15-10)14-5-8-2-1-3-9-12(8)18-7-17-9/h1-4,6H,5,7H2,(H3,13,14,15,16). The van der Waals surface area contributed by atoms with Gasteiger partial charge in [-0.25, -0.2) is 9.97 Å². The molecule has 0 unspecified atom stereocenters. The van der Waals surface area contributed by atoms with Crippen LogP contribution in [-0.2, 0) is 6.54 Å². The number of para-hydroxylation sites is 1. The third kappa shape index (κ3) is 2.00. The summed E-state index contributed by atoms with van der Waals surface area (Å²) in [5, 5.41) is 3.16. The molecule has 6 heteroatoms. The third-order valence-electron chi connectivity index (χ3n) is 2.63. The summed E-state index contributed by atoms with van der Waals surface area (Å²) in [6, 6.07) is 7.47. The van der Waals surface area contributed by atoms with Gasteiger partial charge in [-0.05, 0) is 6.07 Å². The van der Waals surface area contributed by atoms with Crippen molar-refractivity contribution in [3.63, 3.8) is 0 Å². The van der Waals surface area contributed by atoms with Gasteiger partial charge >= 0.3 is 0 Å². The number of aromatic nitrogens is 2. The fourth-order valence-corrected chi connectivity index (χ4v) is 1.78. The van der Waals surface area contributed by atoms with E-state index in [9.17, 15) is 0 Å². The molecule has 0 radical (unpaired) electrons. The Labute approximate surface area is 104 Å². The van der Waals surface area contributed by atoms with Crippen molar-refractivity contribution in [1.82, 2.24) is 9.97 Å². The van der Waals surface area contributed by atoms with Gasteiger partial charge in [0.25, 0.3) is 0 Å². The molecule has 0 bridgehead atoms. The molecule has 2 heterocycles. The molecule has 1 aromatic carbocycles. The van der Waals surface area contributed by atoms with Crippen LogP contribution >= 0.6 is 0 Å². The van der Waals surface area contributed by atoms with Crippen LogP contribution in [0, 0.1) is 0 Å². The van der Waals surface area contributed by atoms with Gasteiger partial charge in [-0.15, -0.1) is 0 Å². The Balaban J connectivity index is 1.76. The normalized spacial score (nSPS) is 12.4. The molecule has 2 aromatic rings. The summed E-state index contributed by atoms with van der Waals surface area (Å²) < 4.78 is 10.7. The Kier molecular flexibility index (Phi) is 2.60. The van der Waals surface area contributed by atoms with Crippen molar-refractivity contribution in [2.24, 2.45) is 0 Å². The van der Waals surface area contributed by atoms with Crippen LogP contribution < -0.4 is 20.5 Å². The summed E-state index contributed by atoms with van der Waals surface area (Å²) in [6.45, 7) is 0.857. The number of ether oxygens (including phenoxy) is 2. The van der Waals surface area contributed by atoms with Gasteiger partial charge in [0.2, 0.25) is 6.79 Å². The Hall–Kier alpha value is -2.50. The quantitative estimate of drug-likeness (QED) is 0.849. The molecule has 0 saturated heterocycles. The molecule has 0 fully saturated rings. The highest BCUT2D eigenvalue weighted by molar-refractivity contribution is 5.50. The molecule has 18 heavy (non-hydrogen) atoms. The lowest BCUT2D eigenvalue weighted by molar-refractivity contribution is 0.173. The van der Waals surface area contributed by atoms with E-state index in [1.165, 1.54) is 6.33 Å². The molecule has 3 rings (SSSR count). The maximum absolute atomic E-state index is 5.58. The number of benzene rings is 1. The second-order valence-corrected chi connectivity index (χ2v) is 3.83. The van der Waals surface area contributed by atoms with Gasteiger partial charge in [0.15, 0.2) is 11.5 Å². The minimum absolute atomic E-state index is 0.271. The first-order chi connectivity index (χ1) is 8.83. The Morgan fingerprint density at radius 1 is 1.28 bits per heavy atom. The summed E-state index contributed by atoms with van der Waals surface area (Å²) in [5.41, 5.74) is 6.60. The molecule has 0 aliphatic carbocycles. The molecule has 3 N–H and O–H groups in total. The Bertz CT molecular complexity index is 574. The van der Waals surface area contributed by atoms with E-state index in [-0.39, 0.29) is 6.79 Å². The number of nitrogens with two attached hydrogens (primary N) is 1. The van der Waals surface area contributed by atoms with Gasteiger partial charge in [-0.3, -0.25) is 0 Å². The zero-order chi connectivity index (χ0) is 12.4. The van der Waals surface area contributed by atoms with Gasteiger partial charge in [0.1, 0.15) is 18.0 Å². The zero-order valence-corrected chi connectivity index (χ0v) is 9.59. The predicted molar refractivity (Wildman–Crippen MR) is 66.3 cm³/mol. The highest BCUT2D eigenvalue weighted by Crippen LogP contribution is 2.35. The van der Waals surface area contributed by atoms with Crippen LogP contribution in [0.3, 0.4) is 0 Å². The predicted octanol–water partition coefficient (Wildman–Crippen LogP) is 1.40.